The number of nitrogens with zero attached hydrogens (tertiary/aromatic N) is 3. The molecule has 3 aliphatic rings. The Bertz CT molecular complexity index is 1000. The number of fused-ring (bicyclic) bond motifs is 3. The number of aliphatic imine (C=N–C) groups is 1. The van der Waals surface area contributed by atoms with Gasteiger partial charge in [-0.15, -0.1) is 11.8 Å². The second-order valence-corrected chi connectivity index (χ2v) is 8.04. The number of pyridine rings is 1. The molecule has 0 radical (unpaired) electrons. The van der Waals surface area contributed by atoms with Gasteiger partial charge in [0.05, 0.1) is 23.3 Å². The predicted molar refractivity (Wildman–Crippen MR) is 111 cm³/mol. The Morgan fingerprint density at radius 1 is 1.31 bits per heavy atom. The van der Waals surface area contributed by atoms with Gasteiger partial charge in [0.2, 0.25) is 0 Å². The number of aromatic nitrogens is 1. The lowest BCUT2D eigenvalue weighted by Crippen LogP contribution is -2.43. The summed E-state index contributed by atoms with van der Waals surface area (Å²) in [6, 6.07) is 8.75. The van der Waals surface area contributed by atoms with Crippen LogP contribution in [0.4, 0.5) is 5.69 Å². The monoisotopic (exact) mass is 359 g/mol. The summed E-state index contributed by atoms with van der Waals surface area (Å²) in [6.45, 7) is 2.04. The quantitative estimate of drug-likeness (QED) is 0.704. The highest BCUT2D eigenvalue weighted by Crippen LogP contribution is 2.34. The van der Waals surface area contributed by atoms with Gasteiger partial charge in [0.15, 0.2) is 0 Å². The standard InChI is InChI=1S/C22H21N3S/c1-15-9-19-17(11-23-15)7-4-8-20(19)24-21-13-26-14-25-12-18-6-3-2-5-16(18)10-22(21)25/h3-4,6-12,22H,2,5,13-14H2,1H3. The van der Waals surface area contributed by atoms with E-state index in [-0.39, 0.29) is 0 Å². The highest BCUT2D eigenvalue weighted by atomic mass is 32.2. The van der Waals surface area contributed by atoms with Gasteiger partial charge in [0.1, 0.15) is 0 Å². The molecule has 0 amide bonds. The van der Waals surface area contributed by atoms with Crippen molar-refractivity contribution < 1.29 is 0 Å². The maximum Gasteiger partial charge on any atom is 0.0875 e. The molecule has 2 aliphatic heterocycles. The fourth-order valence-electron chi connectivity index (χ4n) is 3.91. The van der Waals surface area contributed by atoms with E-state index in [1.165, 1.54) is 22.2 Å². The van der Waals surface area contributed by atoms with Crippen molar-refractivity contribution in [2.75, 3.05) is 11.6 Å². The van der Waals surface area contributed by atoms with Gasteiger partial charge in [-0.3, -0.25) is 9.98 Å². The smallest absolute Gasteiger partial charge is 0.0875 e. The van der Waals surface area contributed by atoms with Crippen LogP contribution in [0.5, 0.6) is 0 Å². The van der Waals surface area contributed by atoms with Gasteiger partial charge in [-0.25, -0.2) is 0 Å². The van der Waals surface area contributed by atoms with E-state index in [9.17, 15) is 0 Å². The molecule has 1 aliphatic carbocycles. The predicted octanol–water partition coefficient (Wildman–Crippen LogP) is 5.16. The number of hydrogen-bond donors (Lipinski definition) is 0. The zero-order chi connectivity index (χ0) is 17.5. The van der Waals surface area contributed by atoms with E-state index < -0.39 is 0 Å². The molecule has 1 atom stereocenters. The molecule has 1 aromatic carbocycles. The molecule has 0 bridgehead atoms. The molecule has 130 valence electrons. The first-order chi connectivity index (χ1) is 12.8. The van der Waals surface area contributed by atoms with Crippen LogP contribution in [0.3, 0.4) is 0 Å². The van der Waals surface area contributed by atoms with Crippen molar-refractivity contribution in [3.8, 4) is 0 Å². The summed E-state index contributed by atoms with van der Waals surface area (Å²) in [5.41, 5.74) is 6.20. The van der Waals surface area contributed by atoms with Crippen LogP contribution in [-0.4, -0.2) is 33.3 Å². The first-order valence-electron chi connectivity index (χ1n) is 9.14. The Kier molecular flexibility index (Phi) is 3.93. The second-order valence-electron chi connectivity index (χ2n) is 7.08. The minimum absolute atomic E-state index is 0.291. The van der Waals surface area contributed by atoms with Crippen molar-refractivity contribution in [1.82, 2.24) is 9.88 Å². The Labute approximate surface area is 158 Å². The van der Waals surface area contributed by atoms with Crippen LogP contribution in [-0.2, 0) is 0 Å². The second kappa shape index (κ2) is 6.44. The van der Waals surface area contributed by atoms with Crippen molar-refractivity contribution in [1.29, 1.82) is 0 Å². The Morgan fingerprint density at radius 2 is 2.27 bits per heavy atom. The molecule has 4 heteroatoms. The molecule has 26 heavy (non-hydrogen) atoms. The van der Waals surface area contributed by atoms with Crippen molar-refractivity contribution in [3.05, 3.63) is 71.7 Å². The van der Waals surface area contributed by atoms with Crippen molar-refractivity contribution in [3.63, 3.8) is 0 Å². The Morgan fingerprint density at radius 3 is 3.23 bits per heavy atom. The average Bonchev–Trinajstić information content (AvgIpc) is 2.67. The first kappa shape index (κ1) is 15.9. The van der Waals surface area contributed by atoms with Crippen molar-refractivity contribution in [2.24, 2.45) is 4.99 Å². The van der Waals surface area contributed by atoms with Gasteiger partial charge in [-0.2, -0.15) is 0 Å². The molecular formula is C22H21N3S. The largest absolute Gasteiger partial charge is 0.356 e. The molecule has 0 spiro atoms. The SMILES string of the molecule is Cc1cc2c(N=C3CSCN4C=C5C=CCCC5=CC34)cccc2cn1. The summed E-state index contributed by atoms with van der Waals surface area (Å²) in [5, 5.41) is 2.34. The summed E-state index contributed by atoms with van der Waals surface area (Å²) >= 11 is 1.94. The van der Waals surface area contributed by atoms with E-state index in [1.807, 2.05) is 24.9 Å². The lowest BCUT2D eigenvalue weighted by molar-refractivity contribution is 0.422. The molecule has 2 aromatic rings. The van der Waals surface area contributed by atoms with Crippen LogP contribution in [0, 0.1) is 6.92 Å². The minimum Gasteiger partial charge on any atom is -0.356 e. The molecular weight excluding hydrogens is 338 g/mol. The normalized spacial score (nSPS) is 23.5. The highest BCUT2D eigenvalue weighted by Gasteiger charge is 2.29. The number of allylic oxidation sites excluding steroid dienone is 4. The summed E-state index contributed by atoms with van der Waals surface area (Å²) < 4.78 is 0. The van der Waals surface area contributed by atoms with E-state index in [0.29, 0.717) is 6.04 Å². The lowest BCUT2D eigenvalue weighted by Gasteiger charge is -2.38. The highest BCUT2D eigenvalue weighted by molar-refractivity contribution is 8.00. The van der Waals surface area contributed by atoms with Crippen LogP contribution in [0.15, 0.2) is 71.0 Å². The third-order valence-electron chi connectivity index (χ3n) is 5.24. The molecule has 1 saturated heterocycles. The van der Waals surface area contributed by atoms with E-state index in [1.54, 1.807) is 0 Å². The third-order valence-corrected chi connectivity index (χ3v) is 6.22. The zero-order valence-electron chi connectivity index (χ0n) is 14.9. The van der Waals surface area contributed by atoms with Crippen LogP contribution in [0.2, 0.25) is 0 Å². The maximum absolute atomic E-state index is 5.14. The molecule has 3 heterocycles. The van der Waals surface area contributed by atoms with Crippen LogP contribution < -0.4 is 0 Å². The molecule has 3 nitrogen and oxygen atoms in total. The van der Waals surface area contributed by atoms with Gasteiger partial charge >= 0.3 is 0 Å². The van der Waals surface area contributed by atoms with E-state index >= 15 is 0 Å². The van der Waals surface area contributed by atoms with Crippen molar-refractivity contribution >= 4 is 33.9 Å². The maximum atomic E-state index is 5.14. The van der Waals surface area contributed by atoms with E-state index in [2.05, 4.69) is 58.6 Å². The summed E-state index contributed by atoms with van der Waals surface area (Å²) in [4.78, 5) is 12.0. The molecule has 1 aromatic heterocycles. The summed E-state index contributed by atoms with van der Waals surface area (Å²) in [6.07, 6.45) is 13.6. The van der Waals surface area contributed by atoms with E-state index in [0.717, 1.165) is 41.2 Å². The molecule has 5 rings (SSSR count). The number of rotatable bonds is 1. The topological polar surface area (TPSA) is 28.5 Å². The fraction of sp³-hybridized carbons (Fsp3) is 0.273. The summed E-state index contributed by atoms with van der Waals surface area (Å²) in [7, 11) is 0. The van der Waals surface area contributed by atoms with Gasteiger partial charge in [0, 0.05) is 34.6 Å². The van der Waals surface area contributed by atoms with Gasteiger partial charge in [-0.1, -0.05) is 30.4 Å². The van der Waals surface area contributed by atoms with Crippen LogP contribution in [0.1, 0.15) is 18.5 Å². The molecule has 1 unspecified atom stereocenters. The van der Waals surface area contributed by atoms with Gasteiger partial charge in [0.25, 0.3) is 0 Å². The number of benzene rings is 1. The third kappa shape index (κ3) is 2.78. The Hall–Kier alpha value is -2.33. The minimum atomic E-state index is 0.291. The van der Waals surface area contributed by atoms with Gasteiger partial charge < -0.3 is 4.90 Å². The van der Waals surface area contributed by atoms with Crippen LogP contribution >= 0.6 is 11.8 Å². The van der Waals surface area contributed by atoms with Gasteiger partial charge in [-0.05, 0) is 43.0 Å². The van der Waals surface area contributed by atoms with Crippen molar-refractivity contribution in [2.45, 2.75) is 25.8 Å². The Balaban J connectivity index is 1.58. The van der Waals surface area contributed by atoms with E-state index in [4.69, 9.17) is 4.99 Å². The zero-order valence-corrected chi connectivity index (χ0v) is 15.7. The first-order valence-corrected chi connectivity index (χ1v) is 10.3. The molecule has 1 fully saturated rings. The lowest BCUT2D eigenvalue weighted by atomic mass is 9.90. The molecule has 0 saturated carbocycles. The van der Waals surface area contributed by atoms with Crippen LogP contribution in [0.25, 0.3) is 10.8 Å². The number of thioether (sulfide) groups is 1. The average molecular weight is 359 g/mol. The number of hydrogen-bond acceptors (Lipinski definition) is 4. The number of aryl methyl sites for hydroxylation is 1. The molecule has 0 N–H and O–H groups in total. The summed E-state index contributed by atoms with van der Waals surface area (Å²) in [5.74, 6) is 2.02. The fourth-order valence-corrected chi connectivity index (χ4v) is 4.89.